The highest BCUT2D eigenvalue weighted by Gasteiger charge is 2.31. The Morgan fingerprint density at radius 1 is 0.375 bits per heavy atom. The lowest BCUT2D eigenvalue weighted by atomic mass is 9.92. The lowest BCUT2D eigenvalue weighted by Gasteiger charge is -2.15. The molecule has 0 spiro atoms. The maximum absolute atomic E-state index is 13.2. The molecule has 0 amide bonds. The maximum atomic E-state index is 13.2. The first kappa shape index (κ1) is 46.8. The highest BCUT2D eigenvalue weighted by atomic mass is 16.5. The third kappa shape index (κ3) is 32.0. The molecular weight excluding hydrogens is 592 g/mol. The van der Waals surface area contributed by atoms with Crippen LogP contribution in [0.3, 0.4) is 0 Å². The van der Waals surface area contributed by atoms with Crippen molar-refractivity contribution in [3.05, 3.63) is 0 Å². The van der Waals surface area contributed by atoms with Gasteiger partial charge in [-0.15, -0.1) is 0 Å². The Morgan fingerprint density at radius 3 is 1.02 bits per heavy atom. The molecule has 0 heterocycles. The molecular formula is C44H84O4. The normalized spacial score (nSPS) is 12.0. The minimum atomic E-state index is -0.901. The molecule has 0 rings (SSSR count). The molecule has 1 unspecified atom stereocenters. The smallest absolute Gasteiger partial charge is 0.316 e. The first-order valence-electron chi connectivity index (χ1n) is 21.8. The van der Waals surface area contributed by atoms with Gasteiger partial charge in [-0.2, -0.15) is 0 Å². The van der Waals surface area contributed by atoms with Gasteiger partial charge in [0, 0.05) is 6.42 Å². The van der Waals surface area contributed by atoms with E-state index in [-0.39, 0.29) is 12.2 Å². The fraction of sp³-hybridized carbons (Fsp3) is 0.932. The number of carbonyl (C=O) groups excluding carboxylic acids is 3. The molecule has 0 fully saturated rings. The second-order valence-electron chi connectivity index (χ2n) is 15.0. The van der Waals surface area contributed by atoms with E-state index >= 15 is 0 Å². The molecule has 1 atom stereocenters. The van der Waals surface area contributed by atoms with E-state index < -0.39 is 17.7 Å². The third-order valence-corrected chi connectivity index (χ3v) is 10.2. The maximum Gasteiger partial charge on any atom is 0.316 e. The van der Waals surface area contributed by atoms with Crippen LogP contribution in [-0.4, -0.2) is 24.1 Å². The standard InChI is InChI=1S/C44H84O4/c1-4-7-10-13-16-18-20-22-24-26-28-30-32-35-38-41(44(47)48-40-37-34-15-12-9-6-3)43(46)42(45)39-36-33-31-29-27-25-23-21-19-17-14-11-8-5-2/h41H,4-40H2,1-3H3. The first-order valence-corrected chi connectivity index (χ1v) is 21.8. The van der Waals surface area contributed by atoms with E-state index in [1.165, 1.54) is 161 Å². The van der Waals surface area contributed by atoms with Gasteiger partial charge in [-0.1, -0.05) is 226 Å². The molecule has 4 heteroatoms. The minimum absolute atomic E-state index is 0.275. The van der Waals surface area contributed by atoms with Gasteiger partial charge in [0.2, 0.25) is 5.78 Å². The number of unbranched alkanes of at least 4 members (excludes halogenated alkanes) is 31. The van der Waals surface area contributed by atoms with E-state index in [1.54, 1.807) is 0 Å². The molecule has 0 aliphatic carbocycles. The quantitative estimate of drug-likeness (QED) is 0.0280. The van der Waals surface area contributed by atoms with Crippen LogP contribution in [0.1, 0.15) is 252 Å². The summed E-state index contributed by atoms with van der Waals surface area (Å²) in [5, 5.41) is 0. The van der Waals surface area contributed by atoms with Crippen molar-refractivity contribution >= 4 is 17.5 Å². The largest absolute Gasteiger partial charge is 0.465 e. The summed E-state index contributed by atoms with van der Waals surface area (Å²) < 4.78 is 5.57. The van der Waals surface area contributed by atoms with Crippen molar-refractivity contribution in [2.75, 3.05) is 6.61 Å². The van der Waals surface area contributed by atoms with E-state index in [0.717, 1.165) is 57.8 Å². The first-order chi connectivity index (χ1) is 23.6. The molecule has 4 nitrogen and oxygen atoms in total. The average Bonchev–Trinajstić information content (AvgIpc) is 3.09. The summed E-state index contributed by atoms with van der Waals surface area (Å²) >= 11 is 0. The van der Waals surface area contributed by atoms with Crippen LogP contribution in [0.15, 0.2) is 0 Å². The van der Waals surface area contributed by atoms with Crippen molar-refractivity contribution in [2.45, 2.75) is 252 Å². The number of ketones is 2. The number of ether oxygens (including phenoxy) is 1. The van der Waals surface area contributed by atoms with E-state index in [1.807, 2.05) is 0 Å². The van der Waals surface area contributed by atoms with E-state index in [2.05, 4.69) is 20.8 Å². The molecule has 0 saturated heterocycles. The van der Waals surface area contributed by atoms with Crippen LogP contribution in [0.5, 0.6) is 0 Å². The number of hydrogen-bond donors (Lipinski definition) is 0. The van der Waals surface area contributed by atoms with Crippen LogP contribution in [0.25, 0.3) is 0 Å². The summed E-state index contributed by atoms with van der Waals surface area (Å²) in [6.07, 6.45) is 42.8. The summed E-state index contributed by atoms with van der Waals surface area (Å²) in [5.41, 5.74) is 0. The van der Waals surface area contributed by atoms with Crippen molar-refractivity contribution in [3.63, 3.8) is 0 Å². The van der Waals surface area contributed by atoms with Gasteiger partial charge >= 0.3 is 5.97 Å². The van der Waals surface area contributed by atoms with Gasteiger partial charge in [0.05, 0.1) is 6.61 Å². The van der Waals surface area contributed by atoms with Crippen molar-refractivity contribution in [1.29, 1.82) is 0 Å². The van der Waals surface area contributed by atoms with Crippen LogP contribution in [0.4, 0.5) is 0 Å². The Balaban J connectivity index is 4.26. The fourth-order valence-corrected chi connectivity index (χ4v) is 6.85. The van der Waals surface area contributed by atoms with E-state index in [9.17, 15) is 14.4 Å². The van der Waals surface area contributed by atoms with Crippen LogP contribution in [0.2, 0.25) is 0 Å². The lowest BCUT2D eigenvalue weighted by Crippen LogP contribution is -2.32. The number of esters is 1. The Morgan fingerprint density at radius 2 is 0.667 bits per heavy atom. The second kappa shape index (κ2) is 38.6. The number of Topliss-reactive ketones (excluding diaryl/α,β-unsaturated/α-hetero) is 2. The predicted octanol–water partition coefficient (Wildman–Crippen LogP) is 14.4. The highest BCUT2D eigenvalue weighted by Crippen LogP contribution is 2.19. The zero-order chi connectivity index (χ0) is 35.2. The highest BCUT2D eigenvalue weighted by molar-refractivity contribution is 6.41. The minimum Gasteiger partial charge on any atom is -0.465 e. The second-order valence-corrected chi connectivity index (χ2v) is 15.0. The molecule has 0 saturated carbocycles. The molecule has 0 aromatic heterocycles. The topological polar surface area (TPSA) is 60.4 Å². The van der Waals surface area contributed by atoms with Crippen LogP contribution in [0, 0.1) is 5.92 Å². The zero-order valence-electron chi connectivity index (χ0n) is 32.9. The molecule has 0 radical (unpaired) electrons. The summed E-state index contributed by atoms with van der Waals surface area (Å²) in [7, 11) is 0. The summed E-state index contributed by atoms with van der Waals surface area (Å²) in [6.45, 7) is 7.11. The Kier molecular flexibility index (Phi) is 37.7. The Hall–Kier alpha value is -1.19. The van der Waals surface area contributed by atoms with Crippen LogP contribution in [-0.2, 0) is 19.1 Å². The number of rotatable bonds is 40. The molecule has 284 valence electrons. The SMILES string of the molecule is CCCCCCCCCCCCCCCCC(=O)C(=O)C(CCCCCCCCCCCCCCCC)C(=O)OCCCCCCCC. The van der Waals surface area contributed by atoms with Gasteiger partial charge in [0.1, 0.15) is 5.92 Å². The zero-order valence-corrected chi connectivity index (χ0v) is 32.9. The lowest BCUT2D eigenvalue weighted by molar-refractivity contribution is -0.155. The van der Waals surface area contributed by atoms with E-state index in [4.69, 9.17) is 4.74 Å². The van der Waals surface area contributed by atoms with Gasteiger partial charge in [-0.05, 0) is 19.3 Å². The van der Waals surface area contributed by atoms with E-state index in [0.29, 0.717) is 13.0 Å². The van der Waals surface area contributed by atoms with Gasteiger partial charge in [-0.3, -0.25) is 14.4 Å². The predicted molar refractivity (Wildman–Crippen MR) is 208 cm³/mol. The van der Waals surface area contributed by atoms with Crippen molar-refractivity contribution in [3.8, 4) is 0 Å². The molecule has 48 heavy (non-hydrogen) atoms. The molecule has 0 aromatic carbocycles. The Labute approximate surface area is 300 Å². The molecule has 0 N–H and O–H groups in total. The van der Waals surface area contributed by atoms with Gasteiger partial charge in [-0.25, -0.2) is 0 Å². The van der Waals surface area contributed by atoms with Crippen molar-refractivity contribution in [2.24, 2.45) is 5.92 Å². The molecule has 0 aliphatic rings. The monoisotopic (exact) mass is 677 g/mol. The number of carbonyl (C=O) groups is 3. The van der Waals surface area contributed by atoms with Gasteiger partial charge in [0.15, 0.2) is 5.78 Å². The average molecular weight is 677 g/mol. The third-order valence-electron chi connectivity index (χ3n) is 10.2. The van der Waals surface area contributed by atoms with Crippen molar-refractivity contribution in [1.82, 2.24) is 0 Å². The van der Waals surface area contributed by atoms with Gasteiger partial charge in [0.25, 0.3) is 0 Å². The molecule has 0 aliphatic heterocycles. The summed E-state index contributed by atoms with van der Waals surface area (Å²) in [6, 6.07) is 0. The summed E-state index contributed by atoms with van der Waals surface area (Å²) in [5.74, 6) is -2.22. The number of hydrogen-bond acceptors (Lipinski definition) is 4. The summed E-state index contributed by atoms with van der Waals surface area (Å²) in [4.78, 5) is 39.0. The molecule has 0 bridgehead atoms. The van der Waals surface area contributed by atoms with Crippen LogP contribution >= 0.6 is 0 Å². The van der Waals surface area contributed by atoms with Gasteiger partial charge < -0.3 is 4.74 Å². The Bertz CT molecular complexity index is 702. The molecule has 0 aromatic rings. The fourth-order valence-electron chi connectivity index (χ4n) is 6.85. The van der Waals surface area contributed by atoms with Crippen LogP contribution < -0.4 is 0 Å². The van der Waals surface area contributed by atoms with Crippen molar-refractivity contribution < 1.29 is 19.1 Å².